The summed E-state index contributed by atoms with van der Waals surface area (Å²) in [6.45, 7) is 0.0786. The third-order valence-corrected chi connectivity index (χ3v) is 3.40. The molecule has 0 aliphatic carbocycles. The minimum absolute atomic E-state index is 0.0786. The molecule has 0 aliphatic heterocycles. The number of para-hydroxylation sites is 1. The van der Waals surface area contributed by atoms with E-state index >= 15 is 0 Å². The molecule has 2 heterocycles. The van der Waals surface area contributed by atoms with E-state index in [0.29, 0.717) is 23.2 Å². The van der Waals surface area contributed by atoms with Crippen LogP contribution in [0, 0.1) is 5.82 Å². The number of halogens is 1. The van der Waals surface area contributed by atoms with Crippen molar-refractivity contribution in [3.63, 3.8) is 0 Å². The fourth-order valence-corrected chi connectivity index (χ4v) is 2.25. The van der Waals surface area contributed by atoms with E-state index in [4.69, 9.17) is 9.15 Å². The number of ether oxygens (including phenoxy) is 1. The van der Waals surface area contributed by atoms with E-state index in [1.54, 1.807) is 12.1 Å². The van der Waals surface area contributed by atoms with Gasteiger partial charge in [-0.15, -0.1) is 10.2 Å². The summed E-state index contributed by atoms with van der Waals surface area (Å²) >= 11 is 0. The summed E-state index contributed by atoms with van der Waals surface area (Å²) in [5, 5.41) is 8.67. The molecule has 0 aliphatic rings. The first-order valence-electron chi connectivity index (χ1n) is 7.20. The van der Waals surface area contributed by atoms with Gasteiger partial charge in [0.05, 0.1) is 10.9 Å². The van der Waals surface area contributed by atoms with E-state index in [0.717, 1.165) is 10.9 Å². The summed E-state index contributed by atoms with van der Waals surface area (Å²) < 4.78 is 24.1. The maximum atomic E-state index is 12.9. The van der Waals surface area contributed by atoms with Crippen LogP contribution in [0.2, 0.25) is 0 Å². The van der Waals surface area contributed by atoms with E-state index in [-0.39, 0.29) is 12.4 Å². The second kappa shape index (κ2) is 6.04. The Labute approximate surface area is 136 Å². The van der Waals surface area contributed by atoms with Crippen LogP contribution in [0.3, 0.4) is 0 Å². The van der Waals surface area contributed by atoms with Crippen LogP contribution in [0.15, 0.2) is 59.3 Å². The molecule has 0 saturated carbocycles. The van der Waals surface area contributed by atoms with Gasteiger partial charge in [0.1, 0.15) is 12.1 Å². The molecule has 0 N–H and O–H groups in total. The van der Waals surface area contributed by atoms with E-state index in [1.165, 1.54) is 18.5 Å². The van der Waals surface area contributed by atoms with Gasteiger partial charge in [-0.1, -0.05) is 12.1 Å². The van der Waals surface area contributed by atoms with E-state index < -0.39 is 0 Å². The molecule has 24 heavy (non-hydrogen) atoms. The lowest BCUT2D eigenvalue weighted by Crippen LogP contribution is -1.99. The molecular formula is C17H11FN4O2. The van der Waals surface area contributed by atoms with Gasteiger partial charge in [-0.05, 0) is 36.4 Å². The lowest BCUT2D eigenvalue weighted by Gasteiger charge is -2.05. The van der Waals surface area contributed by atoms with Crippen molar-refractivity contribution in [3.05, 3.63) is 66.6 Å². The molecule has 4 rings (SSSR count). The number of rotatable bonds is 4. The van der Waals surface area contributed by atoms with Crippen LogP contribution in [0.4, 0.5) is 4.39 Å². The van der Waals surface area contributed by atoms with Crippen LogP contribution >= 0.6 is 0 Å². The Balaban J connectivity index is 1.53. The SMILES string of the molecule is Fc1ccc(-c2nnc(COc3ncnc4ccccc34)o2)cc1. The van der Waals surface area contributed by atoms with Crippen molar-refractivity contribution < 1.29 is 13.5 Å². The lowest BCUT2D eigenvalue weighted by molar-refractivity contribution is 0.258. The summed E-state index contributed by atoms with van der Waals surface area (Å²) in [6, 6.07) is 13.4. The largest absolute Gasteiger partial charge is 0.467 e. The van der Waals surface area contributed by atoms with Crippen molar-refractivity contribution >= 4 is 10.9 Å². The van der Waals surface area contributed by atoms with E-state index in [2.05, 4.69) is 20.2 Å². The number of nitrogens with zero attached hydrogens (tertiary/aromatic N) is 4. The van der Waals surface area contributed by atoms with Gasteiger partial charge in [-0.3, -0.25) is 0 Å². The monoisotopic (exact) mass is 322 g/mol. The average molecular weight is 322 g/mol. The number of aromatic nitrogens is 4. The highest BCUT2D eigenvalue weighted by Gasteiger charge is 2.11. The first kappa shape index (κ1) is 14.3. The van der Waals surface area contributed by atoms with Crippen molar-refractivity contribution in [1.82, 2.24) is 20.2 Å². The molecule has 118 valence electrons. The van der Waals surface area contributed by atoms with Gasteiger partial charge in [0, 0.05) is 5.56 Å². The molecule has 0 amide bonds. The minimum atomic E-state index is -0.322. The maximum absolute atomic E-state index is 12.9. The fourth-order valence-electron chi connectivity index (χ4n) is 2.25. The Morgan fingerprint density at radius 3 is 2.67 bits per heavy atom. The van der Waals surface area contributed by atoms with Gasteiger partial charge in [-0.2, -0.15) is 0 Å². The summed E-state index contributed by atoms with van der Waals surface area (Å²) in [5.74, 6) is 0.734. The molecule has 7 heteroatoms. The van der Waals surface area contributed by atoms with Gasteiger partial charge in [0.15, 0.2) is 6.61 Å². The highest BCUT2D eigenvalue weighted by Crippen LogP contribution is 2.22. The molecule has 2 aromatic heterocycles. The van der Waals surface area contributed by atoms with Crippen LogP contribution in [-0.2, 0) is 6.61 Å². The predicted molar refractivity (Wildman–Crippen MR) is 83.6 cm³/mol. The fraction of sp³-hybridized carbons (Fsp3) is 0.0588. The Bertz CT molecular complexity index is 980. The van der Waals surface area contributed by atoms with Gasteiger partial charge >= 0.3 is 0 Å². The Morgan fingerprint density at radius 1 is 0.958 bits per heavy atom. The minimum Gasteiger partial charge on any atom is -0.467 e. The van der Waals surface area contributed by atoms with Crippen molar-refractivity contribution in [2.24, 2.45) is 0 Å². The Morgan fingerprint density at radius 2 is 1.79 bits per heavy atom. The molecule has 0 fully saturated rings. The normalized spacial score (nSPS) is 10.9. The number of hydrogen-bond donors (Lipinski definition) is 0. The Kier molecular flexibility index (Phi) is 3.59. The molecule has 0 atom stereocenters. The van der Waals surface area contributed by atoms with Gasteiger partial charge in [0.25, 0.3) is 5.89 Å². The zero-order chi connectivity index (χ0) is 16.4. The molecule has 0 bridgehead atoms. The molecule has 6 nitrogen and oxygen atoms in total. The summed E-state index contributed by atoms with van der Waals surface area (Å²) in [6.07, 6.45) is 1.44. The molecule has 0 spiro atoms. The third kappa shape index (κ3) is 2.79. The van der Waals surface area contributed by atoms with Crippen molar-refractivity contribution in [3.8, 4) is 17.3 Å². The van der Waals surface area contributed by atoms with Crippen LogP contribution < -0.4 is 4.74 Å². The predicted octanol–water partition coefficient (Wildman–Crippen LogP) is 3.40. The first-order chi connectivity index (χ1) is 11.8. The molecular weight excluding hydrogens is 311 g/mol. The second-order valence-electron chi connectivity index (χ2n) is 4.99. The highest BCUT2D eigenvalue weighted by molar-refractivity contribution is 5.82. The molecule has 2 aromatic carbocycles. The Hall–Kier alpha value is -3.35. The quantitative estimate of drug-likeness (QED) is 0.573. The van der Waals surface area contributed by atoms with Gasteiger partial charge in [0.2, 0.25) is 11.8 Å². The zero-order valence-electron chi connectivity index (χ0n) is 12.4. The van der Waals surface area contributed by atoms with Crippen LogP contribution in [0.1, 0.15) is 5.89 Å². The van der Waals surface area contributed by atoms with Crippen LogP contribution in [0.25, 0.3) is 22.4 Å². The van der Waals surface area contributed by atoms with Crippen molar-refractivity contribution in [2.75, 3.05) is 0 Å². The molecule has 0 saturated heterocycles. The zero-order valence-corrected chi connectivity index (χ0v) is 12.4. The van der Waals surface area contributed by atoms with Crippen LogP contribution in [0.5, 0.6) is 5.88 Å². The van der Waals surface area contributed by atoms with Crippen LogP contribution in [-0.4, -0.2) is 20.2 Å². The van der Waals surface area contributed by atoms with Gasteiger partial charge in [-0.25, -0.2) is 14.4 Å². The molecule has 4 aromatic rings. The maximum Gasteiger partial charge on any atom is 0.254 e. The number of hydrogen-bond acceptors (Lipinski definition) is 6. The lowest BCUT2D eigenvalue weighted by atomic mass is 10.2. The molecule has 0 radical (unpaired) electrons. The summed E-state index contributed by atoms with van der Waals surface area (Å²) in [4.78, 5) is 8.31. The van der Waals surface area contributed by atoms with Crippen molar-refractivity contribution in [2.45, 2.75) is 6.61 Å². The summed E-state index contributed by atoms with van der Waals surface area (Å²) in [5.41, 5.74) is 1.43. The third-order valence-electron chi connectivity index (χ3n) is 3.40. The van der Waals surface area contributed by atoms with E-state index in [9.17, 15) is 4.39 Å². The van der Waals surface area contributed by atoms with Gasteiger partial charge < -0.3 is 9.15 Å². The number of fused-ring (bicyclic) bond motifs is 1. The standard InChI is InChI=1S/C17H11FN4O2/c18-12-7-5-11(6-8-12)16-22-21-15(24-16)9-23-17-13-3-1-2-4-14(13)19-10-20-17/h1-8,10H,9H2. The molecule has 0 unspecified atom stereocenters. The van der Waals surface area contributed by atoms with Crippen molar-refractivity contribution in [1.29, 1.82) is 0 Å². The smallest absolute Gasteiger partial charge is 0.254 e. The highest BCUT2D eigenvalue weighted by atomic mass is 19.1. The average Bonchev–Trinajstić information content (AvgIpc) is 3.09. The second-order valence-corrected chi connectivity index (χ2v) is 4.99. The summed E-state index contributed by atoms with van der Waals surface area (Å²) in [7, 11) is 0. The number of benzene rings is 2. The first-order valence-corrected chi connectivity index (χ1v) is 7.20. The van der Waals surface area contributed by atoms with E-state index in [1.807, 2.05) is 24.3 Å². The topological polar surface area (TPSA) is 73.9 Å².